The van der Waals surface area contributed by atoms with Gasteiger partial charge in [0.2, 0.25) is 0 Å². The Bertz CT molecular complexity index is 367. The van der Waals surface area contributed by atoms with Gasteiger partial charge in [-0.05, 0) is 28.1 Å². The maximum absolute atomic E-state index is 13.7. The van der Waals surface area contributed by atoms with Gasteiger partial charge in [0, 0.05) is 13.1 Å². The van der Waals surface area contributed by atoms with Crippen LogP contribution in [0.15, 0.2) is 16.6 Å². The number of ether oxygens (including phenoxy) is 1. The minimum atomic E-state index is -0.455. The summed E-state index contributed by atoms with van der Waals surface area (Å²) in [7, 11) is 0. The van der Waals surface area contributed by atoms with Crippen LogP contribution in [-0.2, 0) is 4.74 Å². The molecule has 0 spiro atoms. The van der Waals surface area contributed by atoms with Crippen molar-refractivity contribution < 1.29 is 14.2 Å². The molecule has 1 unspecified atom stereocenters. The number of aromatic hydroxyl groups is 1. The van der Waals surface area contributed by atoms with Gasteiger partial charge < -0.3 is 15.2 Å². The standard InChI is InChI=1S/C10H11BrFNO2/c11-6-1-2-7(14)9(10(6)12)8-5-13-3-4-15-8/h1-2,8,13-14H,3-5H2. The van der Waals surface area contributed by atoms with Crippen LogP contribution in [0.25, 0.3) is 0 Å². The number of phenols is 1. The molecule has 1 aromatic rings. The molecule has 3 nitrogen and oxygen atoms in total. The molecule has 2 N–H and O–H groups in total. The fraction of sp³-hybridized carbons (Fsp3) is 0.400. The van der Waals surface area contributed by atoms with Crippen LogP contribution in [0.4, 0.5) is 4.39 Å². The molecule has 1 heterocycles. The van der Waals surface area contributed by atoms with Gasteiger partial charge in [-0.2, -0.15) is 0 Å². The molecule has 1 aromatic carbocycles. The minimum absolute atomic E-state index is 0.0654. The van der Waals surface area contributed by atoms with Crippen LogP contribution in [0, 0.1) is 5.82 Å². The zero-order valence-corrected chi connectivity index (χ0v) is 9.55. The van der Waals surface area contributed by atoms with Crippen molar-refractivity contribution >= 4 is 15.9 Å². The van der Waals surface area contributed by atoms with Gasteiger partial charge in [0.05, 0.1) is 16.6 Å². The van der Waals surface area contributed by atoms with E-state index in [9.17, 15) is 9.50 Å². The summed E-state index contributed by atoms with van der Waals surface area (Å²) in [5.41, 5.74) is 0.219. The van der Waals surface area contributed by atoms with Crippen molar-refractivity contribution in [3.63, 3.8) is 0 Å². The van der Waals surface area contributed by atoms with Gasteiger partial charge in [-0.25, -0.2) is 4.39 Å². The van der Waals surface area contributed by atoms with E-state index in [0.717, 1.165) is 6.54 Å². The zero-order valence-electron chi connectivity index (χ0n) is 7.96. The predicted octanol–water partition coefficient (Wildman–Crippen LogP) is 1.95. The molecule has 0 saturated carbocycles. The predicted molar refractivity (Wildman–Crippen MR) is 57.3 cm³/mol. The normalized spacial score (nSPS) is 21.6. The lowest BCUT2D eigenvalue weighted by atomic mass is 10.1. The average Bonchev–Trinajstić information content (AvgIpc) is 2.26. The van der Waals surface area contributed by atoms with Gasteiger partial charge in [0.1, 0.15) is 17.7 Å². The molecule has 0 aliphatic carbocycles. The summed E-state index contributed by atoms with van der Waals surface area (Å²) in [6.45, 7) is 1.80. The van der Waals surface area contributed by atoms with Crippen LogP contribution in [0.3, 0.4) is 0 Å². The van der Waals surface area contributed by atoms with Gasteiger partial charge in [-0.15, -0.1) is 0 Å². The van der Waals surface area contributed by atoms with E-state index in [1.165, 1.54) is 12.1 Å². The van der Waals surface area contributed by atoms with E-state index in [4.69, 9.17) is 4.74 Å². The number of halogens is 2. The van der Waals surface area contributed by atoms with Crippen LogP contribution in [0.2, 0.25) is 0 Å². The van der Waals surface area contributed by atoms with Crippen LogP contribution in [0.1, 0.15) is 11.7 Å². The Hall–Kier alpha value is -0.650. The van der Waals surface area contributed by atoms with Crippen molar-refractivity contribution in [1.29, 1.82) is 0 Å². The maximum atomic E-state index is 13.7. The first-order chi connectivity index (χ1) is 7.20. The highest BCUT2D eigenvalue weighted by Crippen LogP contribution is 2.33. The number of rotatable bonds is 1. The molecule has 0 radical (unpaired) electrons. The Morgan fingerprint density at radius 2 is 2.33 bits per heavy atom. The van der Waals surface area contributed by atoms with Crippen molar-refractivity contribution in [2.24, 2.45) is 0 Å². The van der Waals surface area contributed by atoms with Gasteiger partial charge in [0.25, 0.3) is 0 Å². The molecule has 0 aromatic heterocycles. The average molecular weight is 276 g/mol. The fourth-order valence-electron chi connectivity index (χ4n) is 1.61. The molecule has 1 aliphatic heterocycles. The van der Waals surface area contributed by atoms with Crippen molar-refractivity contribution in [2.45, 2.75) is 6.10 Å². The quantitative estimate of drug-likeness (QED) is 0.823. The summed E-state index contributed by atoms with van der Waals surface area (Å²) in [4.78, 5) is 0. The highest BCUT2D eigenvalue weighted by molar-refractivity contribution is 9.10. The van der Waals surface area contributed by atoms with E-state index in [2.05, 4.69) is 21.2 Å². The van der Waals surface area contributed by atoms with Crippen LogP contribution in [-0.4, -0.2) is 24.8 Å². The summed E-state index contributed by atoms with van der Waals surface area (Å²) >= 11 is 3.08. The lowest BCUT2D eigenvalue weighted by Crippen LogP contribution is -2.33. The fourth-order valence-corrected chi connectivity index (χ4v) is 1.96. The molecule has 0 amide bonds. The lowest BCUT2D eigenvalue weighted by Gasteiger charge is -2.25. The first-order valence-electron chi connectivity index (χ1n) is 4.69. The second-order valence-electron chi connectivity index (χ2n) is 3.36. The molecular formula is C10H11BrFNO2. The van der Waals surface area contributed by atoms with E-state index in [1.54, 1.807) is 0 Å². The smallest absolute Gasteiger partial charge is 0.146 e. The number of morpholine rings is 1. The minimum Gasteiger partial charge on any atom is -0.507 e. The Labute approximate surface area is 95.4 Å². The Balaban J connectivity index is 2.36. The molecule has 1 aliphatic rings. The monoisotopic (exact) mass is 275 g/mol. The number of hydrogen-bond acceptors (Lipinski definition) is 3. The third kappa shape index (κ3) is 2.14. The third-order valence-corrected chi connectivity index (χ3v) is 2.97. The van der Waals surface area contributed by atoms with Gasteiger partial charge in [-0.1, -0.05) is 0 Å². The van der Waals surface area contributed by atoms with E-state index in [1.807, 2.05) is 0 Å². The highest BCUT2D eigenvalue weighted by atomic mass is 79.9. The highest BCUT2D eigenvalue weighted by Gasteiger charge is 2.24. The van der Waals surface area contributed by atoms with E-state index in [-0.39, 0.29) is 11.3 Å². The molecule has 0 bridgehead atoms. The zero-order chi connectivity index (χ0) is 10.8. The van der Waals surface area contributed by atoms with Gasteiger partial charge >= 0.3 is 0 Å². The van der Waals surface area contributed by atoms with Crippen molar-refractivity contribution in [1.82, 2.24) is 5.32 Å². The van der Waals surface area contributed by atoms with Gasteiger partial charge in [0.15, 0.2) is 0 Å². The van der Waals surface area contributed by atoms with E-state index >= 15 is 0 Å². The van der Waals surface area contributed by atoms with Crippen molar-refractivity contribution in [2.75, 3.05) is 19.7 Å². The molecule has 1 atom stereocenters. The summed E-state index contributed by atoms with van der Waals surface area (Å²) in [5, 5.41) is 12.7. The van der Waals surface area contributed by atoms with Crippen LogP contribution >= 0.6 is 15.9 Å². The second-order valence-corrected chi connectivity index (χ2v) is 4.21. The Morgan fingerprint density at radius 1 is 1.53 bits per heavy atom. The second kappa shape index (κ2) is 4.47. The molecule has 1 saturated heterocycles. The lowest BCUT2D eigenvalue weighted by molar-refractivity contribution is 0.0240. The van der Waals surface area contributed by atoms with Crippen LogP contribution < -0.4 is 5.32 Å². The van der Waals surface area contributed by atoms with Crippen LogP contribution in [0.5, 0.6) is 5.75 Å². The molecular weight excluding hydrogens is 265 g/mol. The Kier molecular flexibility index (Phi) is 3.23. The van der Waals surface area contributed by atoms with Gasteiger partial charge in [-0.3, -0.25) is 0 Å². The summed E-state index contributed by atoms with van der Waals surface area (Å²) in [5.74, 6) is -0.520. The molecule has 5 heteroatoms. The third-order valence-electron chi connectivity index (χ3n) is 2.36. The number of hydrogen-bond donors (Lipinski definition) is 2. The first-order valence-corrected chi connectivity index (χ1v) is 5.48. The topological polar surface area (TPSA) is 41.5 Å². The molecule has 1 fully saturated rings. The largest absolute Gasteiger partial charge is 0.507 e. The molecule has 2 rings (SSSR count). The molecule has 15 heavy (non-hydrogen) atoms. The first kappa shape index (κ1) is 10.9. The van der Waals surface area contributed by atoms with E-state index in [0.29, 0.717) is 17.6 Å². The number of benzene rings is 1. The SMILES string of the molecule is Oc1ccc(Br)c(F)c1C1CNCCO1. The summed E-state index contributed by atoms with van der Waals surface area (Å²) in [6, 6.07) is 2.94. The van der Waals surface area contributed by atoms with Crippen molar-refractivity contribution in [3.05, 3.63) is 28.0 Å². The van der Waals surface area contributed by atoms with Crippen molar-refractivity contribution in [3.8, 4) is 5.75 Å². The summed E-state index contributed by atoms with van der Waals surface area (Å²) in [6.07, 6.45) is -0.420. The van der Waals surface area contributed by atoms with E-state index < -0.39 is 11.9 Å². The Morgan fingerprint density at radius 3 is 3.00 bits per heavy atom. The molecule has 82 valence electrons. The number of nitrogens with one attached hydrogen (secondary N) is 1. The maximum Gasteiger partial charge on any atom is 0.146 e. The number of phenolic OH excluding ortho intramolecular Hbond substituents is 1. The summed E-state index contributed by atoms with van der Waals surface area (Å²) < 4.78 is 19.5.